The van der Waals surface area contributed by atoms with Crippen molar-refractivity contribution >= 4 is 5.96 Å². The molecule has 2 N–H and O–H groups in total. The summed E-state index contributed by atoms with van der Waals surface area (Å²) >= 11 is 0. The van der Waals surface area contributed by atoms with Crippen LogP contribution in [0.15, 0.2) is 17.4 Å². The predicted molar refractivity (Wildman–Crippen MR) is 84.7 cm³/mol. The zero-order valence-electron chi connectivity index (χ0n) is 13.7. The fraction of sp³-hybridized carbons (Fsp3) is 0.733. The van der Waals surface area contributed by atoms with Gasteiger partial charge in [-0.2, -0.15) is 5.10 Å². The van der Waals surface area contributed by atoms with Crippen molar-refractivity contribution in [3.05, 3.63) is 18.0 Å². The molecule has 0 aliphatic carbocycles. The first-order valence-corrected chi connectivity index (χ1v) is 7.25. The molecule has 1 aromatic heterocycles. The molecule has 0 aliphatic rings. The number of guanidine groups is 1. The highest BCUT2D eigenvalue weighted by atomic mass is 15.2. The predicted octanol–water partition coefficient (Wildman–Crippen LogP) is 2.30. The number of aryl methyl sites for hydroxylation is 1. The van der Waals surface area contributed by atoms with E-state index in [1.54, 1.807) is 11.7 Å². The fourth-order valence-electron chi connectivity index (χ4n) is 1.90. The Hall–Kier alpha value is -1.52. The summed E-state index contributed by atoms with van der Waals surface area (Å²) in [6.07, 6.45) is 6.20. The largest absolute Gasteiger partial charge is 0.354 e. The van der Waals surface area contributed by atoms with Crippen molar-refractivity contribution in [2.45, 2.75) is 53.1 Å². The second kappa shape index (κ2) is 7.31. The average Bonchev–Trinajstić information content (AvgIpc) is 2.77. The standard InChI is InChI=1S/C15H29N5/c1-12(7-8-15(2,3)4)19-14(16-5)17-9-13-10-18-20(6)11-13/h10-12H,7-9H2,1-6H3,(H2,16,17,19). The van der Waals surface area contributed by atoms with E-state index in [0.717, 1.165) is 24.5 Å². The van der Waals surface area contributed by atoms with E-state index in [0.29, 0.717) is 11.5 Å². The van der Waals surface area contributed by atoms with E-state index < -0.39 is 0 Å². The second-order valence-corrected chi connectivity index (χ2v) is 6.59. The van der Waals surface area contributed by atoms with Gasteiger partial charge in [-0.15, -0.1) is 0 Å². The molecule has 1 heterocycles. The molecule has 114 valence electrons. The van der Waals surface area contributed by atoms with Crippen molar-refractivity contribution < 1.29 is 0 Å². The van der Waals surface area contributed by atoms with Crippen molar-refractivity contribution in [3.8, 4) is 0 Å². The third-order valence-corrected chi connectivity index (χ3v) is 3.15. The van der Waals surface area contributed by atoms with Gasteiger partial charge in [0, 0.05) is 38.4 Å². The molecular weight excluding hydrogens is 250 g/mol. The van der Waals surface area contributed by atoms with Gasteiger partial charge in [-0.05, 0) is 25.2 Å². The summed E-state index contributed by atoms with van der Waals surface area (Å²) in [6.45, 7) is 9.75. The fourth-order valence-corrected chi connectivity index (χ4v) is 1.90. The number of hydrogen-bond acceptors (Lipinski definition) is 2. The zero-order valence-corrected chi connectivity index (χ0v) is 13.7. The lowest BCUT2D eigenvalue weighted by molar-refractivity contribution is 0.346. The van der Waals surface area contributed by atoms with Crippen LogP contribution in [-0.4, -0.2) is 28.8 Å². The van der Waals surface area contributed by atoms with Gasteiger partial charge in [-0.3, -0.25) is 9.67 Å². The van der Waals surface area contributed by atoms with Gasteiger partial charge in [0.1, 0.15) is 0 Å². The molecule has 0 aromatic carbocycles. The first kappa shape index (κ1) is 16.5. The van der Waals surface area contributed by atoms with Gasteiger partial charge in [-0.25, -0.2) is 0 Å². The third-order valence-electron chi connectivity index (χ3n) is 3.15. The summed E-state index contributed by atoms with van der Waals surface area (Å²) in [5.41, 5.74) is 1.53. The summed E-state index contributed by atoms with van der Waals surface area (Å²) in [5.74, 6) is 0.843. The van der Waals surface area contributed by atoms with Gasteiger partial charge < -0.3 is 10.6 Å². The highest BCUT2D eigenvalue weighted by molar-refractivity contribution is 5.79. The SMILES string of the molecule is CN=C(NCc1cnn(C)c1)NC(C)CCC(C)(C)C. The average molecular weight is 279 g/mol. The van der Waals surface area contributed by atoms with Crippen molar-refractivity contribution in [1.82, 2.24) is 20.4 Å². The van der Waals surface area contributed by atoms with Gasteiger partial charge >= 0.3 is 0 Å². The number of rotatable bonds is 5. The maximum atomic E-state index is 4.26. The van der Waals surface area contributed by atoms with Crippen LogP contribution in [-0.2, 0) is 13.6 Å². The lowest BCUT2D eigenvalue weighted by Gasteiger charge is -2.23. The second-order valence-electron chi connectivity index (χ2n) is 6.59. The lowest BCUT2D eigenvalue weighted by atomic mass is 9.89. The van der Waals surface area contributed by atoms with Crippen LogP contribution >= 0.6 is 0 Å². The molecular formula is C15H29N5. The Morgan fingerprint density at radius 2 is 2.15 bits per heavy atom. The smallest absolute Gasteiger partial charge is 0.191 e. The van der Waals surface area contributed by atoms with E-state index in [9.17, 15) is 0 Å². The molecule has 1 aromatic rings. The van der Waals surface area contributed by atoms with Crippen LogP contribution in [0.2, 0.25) is 0 Å². The van der Waals surface area contributed by atoms with Crippen LogP contribution in [0.1, 0.15) is 46.1 Å². The number of nitrogens with one attached hydrogen (secondary N) is 2. The van der Waals surface area contributed by atoms with Crippen LogP contribution < -0.4 is 10.6 Å². The van der Waals surface area contributed by atoms with Gasteiger partial charge in [0.15, 0.2) is 5.96 Å². The van der Waals surface area contributed by atoms with Gasteiger partial charge in [0.05, 0.1) is 6.20 Å². The highest BCUT2D eigenvalue weighted by Crippen LogP contribution is 2.21. The number of aliphatic imine (C=N–C) groups is 1. The minimum atomic E-state index is 0.378. The molecule has 0 radical (unpaired) electrons. The number of aromatic nitrogens is 2. The van der Waals surface area contributed by atoms with Gasteiger partial charge in [0.2, 0.25) is 0 Å². The summed E-state index contributed by atoms with van der Waals surface area (Å²) in [4.78, 5) is 4.26. The van der Waals surface area contributed by atoms with Crippen LogP contribution in [0.4, 0.5) is 0 Å². The Morgan fingerprint density at radius 1 is 1.45 bits per heavy atom. The van der Waals surface area contributed by atoms with Crippen LogP contribution in [0.25, 0.3) is 0 Å². The molecule has 1 unspecified atom stereocenters. The Bertz CT molecular complexity index is 428. The van der Waals surface area contributed by atoms with Gasteiger partial charge in [0.25, 0.3) is 0 Å². The Morgan fingerprint density at radius 3 is 2.65 bits per heavy atom. The molecule has 0 aliphatic heterocycles. The summed E-state index contributed by atoms with van der Waals surface area (Å²) in [5, 5.41) is 10.9. The van der Waals surface area contributed by atoms with Crippen LogP contribution in [0, 0.1) is 5.41 Å². The molecule has 1 rings (SSSR count). The summed E-state index contributed by atoms with van der Waals surface area (Å²) in [6, 6.07) is 0.411. The summed E-state index contributed by atoms with van der Waals surface area (Å²) < 4.78 is 1.80. The molecule has 5 nitrogen and oxygen atoms in total. The van der Waals surface area contributed by atoms with Crippen LogP contribution in [0.5, 0.6) is 0 Å². The quantitative estimate of drug-likeness (QED) is 0.642. The van der Waals surface area contributed by atoms with E-state index in [4.69, 9.17) is 0 Å². The molecule has 0 fully saturated rings. The van der Waals surface area contributed by atoms with Crippen molar-refractivity contribution in [2.24, 2.45) is 17.5 Å². The number of hydrogen-bond donors (Lipinski definition) is 2. The van der Waals surface area contributed by atoms with E-state index in [-0.39, 0.29) is 0 Å². The maximum Gasteiger partial charge on any atom is 0.191 e. The first-order valence-electron chi connectivity index (χ1n) is 7.25. The van der Waals surface area contributed by atoms with Crippen molar-refractivity contribution in [1.29, 1.82) is 0 Å². The maximum absolute atomic E-state index is 4.26. The minimum absolute atomic E-state index is 0.378. The van der Waals surface area contributed by atoms with Crippen LogP contribution in [0.3, 0.4) is 0 Å². The molecule has 1 atom stereocenters. The Labute approximate surface area is 122 Å². The first-order chi connectivity index (χ1) is 9.30. The van der Waals surface area contributed by atoms with Gasteiger partial charge in [-0.1, -0.05) is 20.8 Å². The van der Waals surface area contributed by atoms with E-state index in [2.05, 4.69) is 48.4 Å². The monoisotopic (exact) mass is 279 g/mol. The zero-order chi connectivity index (χ0) is 15.2. The van der Waals surface area contributed by atoms with E-state index in [1.807, 2.05) is 19.4 Å². The molecule has 0 saturated carbocycles. The number of nitrogens with zero attached hydrogens (tertiary/aromatic N) is 3. The van der Waals surface area contributed by atoms with E-state index in [1.165, 1.54) is 6.42 Å². The molecule has 0 amide bonds. The topological polar surface area (TPSA) is 54.2 Å². The molecule has 0 saturated heterocycles. The molecule has 5 heteroatoms. The highest BCUT2D eigenvalue weighted by Gasteiger charge is 2.13. The lowest BCUT2D eigenvalue weighted by Crippen LogP contribution is -2.42. The third kappa shape index (κ3) is 6.59. The molecule has 0 spiro atoms. The normalized spacial score (nSPS) is 14.2. The minimum Gasteiger partial charge on any atom is -0.354 e. The Kier molecular flexibility index (Phi) is 6.05. The van der Waals surface area contributed by atoms with Crippen molar-refractivity contribution in [3.63, 3.8) is 0 Å². The molecule has 20 heavy (non-hydrogen) atoms. The Balaban J connectivity index is 2.36. The summed E-state index contributed by atoms with van der Waals surface area (Å²) in [7, 11) is 3.72. The van der Waals surface area contributed by atoms with E-state index >= 15 is 0 Å². The molecule has 0 bridgehead atoms. The van der Waals surface area contributed by atoms with Crippen molar-refractivity contribution in [2.75, 3.05) is 7.05 Å².